The fourth-order valence-corrected chi connectivity index (χ4v) is 3.41. The molecular weight excluding hydrogens is 357 g/mol. The third-order valence-electron chi connectivity index (χ3n) is 5.02. The molecule has 0 N–H and O–H groups in total. The zero-order chi connectivity index (χ0) is 19.9. The second-order valence-electron chi connectivity index (χ2n) is 7.52. The van der Waals surface area contributed by atoms with Crippen molar-refractivity contribution in [1.82, 2.24) is 9.97 Å². The summed E-state index contributed by atoms with van der Waals surface area (Å²) in [6.07, 6.45) is 3.61. The molecule has 0 saturated carbocycles. The molecule has 6 heteroatoms. The van der Waals surface area contributed by atoms with Gasteiger partial charge in [0.05, 0.1) is 30.4 Å². The molecule has 0 atom stereocenters. The van der Waals surface area contributed by atoms with Gasteiger partial charge < -0.3 is 4.74 Å². The summed E-state index contributed by atoms with van der Waals surface area (Å²) in [7, 11) is 0. The van der Waals surface area contributed by atoms with Gasteiger partial charge in [0.1, 0.15) is 11.6 Å². The molecule has 142 valence electrons. The Labute approximate surface area is 162 Å². The number of para-hydroxylation sites is 1. The van der Waals surface area contributed by atoms with Gasteiger partial charge in [0.25, 0.3) is 0 Å². The normalized spacial score (nSPS) is 14.3. The molecule has 4 rings (SSSR count). The quantitative estimate of drug-likeness (QED) is 0.626. The number of hydrogen-bond donors (Lipinski definition) is 0. The standard InChI is InChI=1S/C22H20FN3O2/c1-14-8-20-16(22(2,3)12-28-20)9-15(14)18-10-25-21(11-24-18)26(13-27)19-7-5-4-6-17(19)23/h4-11,13H,12H2,1-3H3. The first-order valence-corrected chi connectivity index (χ1v) is 9.00. The van der Waals surface area contributed by atoms with Crippen molar-refractivity contribution < 1.29 is 13.9 Å². The number of carbonyl (C=O) groups is 1. The average molecular weight is 377 g/mol. The van der Waals surface area contributed by atoms with Crippen LogP contribution in [-0.2, 0) is 10.2 Å². The Bertz CT molecular complexity index is 1050. The minimum atomic E-state index is -0.503. The smallest absolute Gasteiger partial charge is 0.220 e. The topological polar surface area (TPSA) is 55.3 Å². The first-order chi connectivity index (χ1) is 13.4. The highest BCUT2D eigenvalue weighted by atomic mass is 19.1. The van der Waals surface area contributed by atoms with Crippen LogP contribution in [0.5, 0.6) is 5.75 Å². The van der Waals surface area contributed by atoms with E-state index in [0.29, 0.717) is 18.7 Å². The van der Waals surface area contributed by atoms with Gasteiger partial charge in [-0.2, -0.15) is 0 Å². The summed E-state index contributed by atoms with van der Waals surface area (Å²) in [4.78, 5) is 21.5. The Morgan fingerprint density at radius 2 is 1.96 bits per heavy atom. The SMILES string of the molecule is Cc1cc2c(cc1-c1cnc(N(C=O)c3ccccc3F)cn1)C(C)(C)CO2. The van der Waals surface area contributed by atoms with Crippen molar-refractivity contribution in [2.45, 2.75) is 26.2 Å². The van der Waals surface area contributed by atoms with E-state index in [9.17, 15) is 9.18 Å². The van der Waals surface area contributed by atoms with Gasteiger partial charge in [0.15, 0.2) is 5.82 Å². The van der Waals surface area contributed by atoms with Crippen LogP contribution < -0.4 is 9.64 Å². The van der Waals surface area contributed by atoms with Crippen LogP contribution in [0.25, 0.3) is 11.3 Å². The van der Waals surface area contributed by atoms with Crippen molar-refractivity contribution in [2.75, 3.05) is 11.5 Å². The van der Waals surface area contributed by atoms with Gasteiger partial charge in [-0.15, -0.1) is 0 Å². The molecule has 1 aliphatic heterocycles. The summed E-state index contributed by atoms with van der Waals surface area (Å²) >= 11 is 0. The number of aryl methyl sites for hydroxylation is 1. The molecule has 0 aliphatic carbocycles. The second kappa shape index (κ2) is 6.71. The largest absolute Gasteiger partial charge is 0.492 e. The summed E-state index contributed by atoms with van der Waals surface area (Å²) in [5.41, 5.74) is 3.88. The molecule has 1 aliphatic rings. The molecular formula is C22H20FN3O2. The maximum absolute atomic E-state index is 14.0. The average Bonchev–Trinajstić information content (AvgIpc) is 2.98. The lowest BCUT2D eigenvalue weighted by Crippen LogP contribution is -2.18. The zero-order valence-electron chi connectivity index (χ0n) is 15.9. The summed E-state index contributed by atoms with van der Waals surface area (Å²) in [5, 5.41) is 0. The molecule has 5 nitrogen and oxygen atoms in total. The second-order valence-corrected chi connectivity index (χ2v) is 7.52. The Morgan fingerprint density at radius 1 is 1.18 bits per heavy atom. The summed E-state index contributed by atoms with van der Waals surface area (Å²) in [5.74, 6) is 0.658. The van der Waals surface area contributed by atoms with E-state index in [-0.39, 0.29) is 16.9 Å². The number of hydrogen-bond acceptors (Lipinski definition) is 4. The van der Waals surface area contributed by atoms with E-state index >= 15 is 0 Å². The van der Waals surface area contributed by atoms with Crippen LogP contribution in [0, 0.1) is 12.7 Å². The van der Waals surface area contributed by atoms with Gasteiger partial charge in [0, 0.05) is 16.5 Å². The highest BCUT2D eigenvalue weighted by Gasteiger charge is 2.32. The summed E-state index contributed by atoms with van der Waals surface area (Å²) in [6, 6.07) is 10.2. The maximum Gasteiger partial charge on any atom is 0.220 e. The minimum absolute atomic E-state index is 0.0652. The van der Waals surface area contributed by atoms with Gasteiger partial charge in [-0.05, 0) is 36.8 Å². The third-order valence-corrected chi connectivity index (χ3v) is 5.02. The van der Waals surface area contributed by atoms with E-state index < -0.39 is 5.82 Å². The maximum atomic E-state index is 14.0. The van der Waals surface area contributed by atoms with Crippen LogP contribution >= 0.6 is 0 Å². The van der Waals surface area contributed by atoms with E-state index in [1.165, 1.54) is 18.3 Å². The number of halogens is 1. The van der Waals surface area contributed by atoms with Crippen LogP contribution in [0.15, 0.2) is 48.8 Å². The van der Waals surface area contributed by atoms with Crippen molar-refractivity contribution >= 4 is 17.9 Å². The first-order valence-electron chi connectivity index (χ1n) is 9.00. The summed E-state index contributed by atoms with van der Waals surface area (Å²) in [6.45, 7) is 6.93. The fraction of sp³-hybridized carbons (Fsp3) is 0.227. The lowest BCUT2D eigenvalue weighted by atomic mass is 9.85. The van der Waals surface area contributed by atoms with Crippen LogP contribution in [-0.4, -0.2) is 23.0 Å². The van der Waals surface area contributed by atoms with E-state index in [4.69, 9.17) is 4.74 Å². The Morgan fingerprint density at radius 3 is 2.64 bits per heavy atom. The summed E-state index contributed by atoms with van der Waals surface area (Å²) < 4.78 is 19.8. The molecule has 1 aromatic heterocycles. The van der Waals surface area contributed by atoms with Crippen LogP contribution in [0.1, 0.15) is 25.0 Å². The first kappa shape index (κ1) is 18.1. The number of nitrogens with zero attached hydrogens (tertiary/aromatic N) is 3. The van der Waals surface area contributed by atoms with E-state index in [2.05, 4.69) is 29.9 Å². The predicted molar refractivity (Wildman–Crippen MR) is 105 cm³/mol. The van der Waals surface area contributed by atoms with Crippen molar-refractivity contribution in [2.24, 2.45) is 0 Å². The van der Waals surface area contributed by atoms with Crippen LogP contribution in [0.4, 0.5) is 15.9 Å². The van der Waals surface area contributed by atoms with Gasteiger partial charge in [-0.3, -0.25) is 14.7 Å². The molecule has 0 bridgehead atoms. The van der Waals surface area contributed by atoms with Gasteiger partial charge >= 0.3 is 0 Å². The zero-order valence-corrected chi connectivity index (χ0v) is 15.9. The van der Waals surface area contributed by atoms with Crippen molar-refractivity contribution in [3.8, 4) is 17.0 Å². The predicted octanol–water partition coefficient (Wildman–Crippen LogP) is 4.56. The molecule has 1 amide bonds. The van der Waals surface area contributed by atoms with Gasteiger partial charge in [0.2, 0.25) is 6.41 Å². The monoisotopic (exact) mass is 377 g/mol. The lowest BCUT2D eigenvalue weighted by Gasteiger charge is -2.18. The van der Waals surface area contributed by atoms with E-state index in [1.54, 1.807) is 18.3 Å². The molecule has 28 heavy (non-hydrogen) atoms. The third kappa shape index (κ3) is 3.01. The van der Waals surface area contributed by atoms with Gasteiger partial charge in [-0.1, -0.05) is 26.0 Å². The van der Waals surface area contributed by atoms with Crippen molar-refractivity contribution in [3.63, 3.8) is 0 Å². The highest BCUT2D eigenvalue weighted by Crippen LogP contribution is 2.41. The molecule has 0 spiro atoms. The molecule has 0 fully saturated rings. The molecule has 0 unspecified atom stereocenters. The molecule has 3 aromatic rings. The Balaban J connectivity index is 1.71. The van der Waals surface area contributed by atoms with Gasteiger partial charge in [-0.25, -0.2) is 9.37 Å². The molecule has 0 saturated heterocycles. The van der Waals surface area contributed by atoms with Crippen LogP contribution in [0.2, 0.25) is 0 Å². The number of rotatable bonds is 4. The number of amides is 1. The number of fused-ring (bicyclic) bond motifs is 1. The number of carbonyl (C=O) groups excluding carboxylic acids is 1. The lowest BCUT2D eigenvalue weighted by molar-refractivity contribution is -0.106. The van der Waals surface area contributed by atoms with Crippen molar-refractivity contribution in [3.05, 3.63) is 65.7 Å². The molecule has 2 heterocycles. The fourth-order valence-electron chi connectivity index (χ4n) is 3.41. The number of aromatic nitrogens is 2. The van der Waals surface area contributed by atoms with E-state index in [0.717, 1.165) is 27.3 Å². The Kier molecular flexibility index (Phi) is 4.34. The van der Waals surface area contributed by atoms with E-state index in [1.807, 2.05) is 13.0 Å². The van der Waals surface area contributed by atoms with Crippen LogP contribution in [0.3, 0.4) is 0 Å². The number of anilines is 2. The minimum Gasteiger partial charge on any atom is -0.492 e. The van der Waals surface area contributed by atoms with Crippen molar-refractivity contribution in [1.29, 1.82) is 0 Å². The number of benzene rings is 2. The number of ether oxygens (including phenoxy) is 1. The molecule has 2 aromatic carbocycles. The molecule has 0 radical (unpaired) electrons. The highest BCUT2D eigenvalue weighted by molar-refractivity contribution is 5.85. The Hall–Kier alpha value is -3.28.